The Kier molecular flexibility index (Phi) is 3.42. The van der Waals surface area contributed by atoms with Crippen LogP contribution in [-0.4, -0.2) is 14.5 Å². The minimum Gasteiger partial charge on any atom is -0.386 e. The summed E-state index contributed by atoms with van der Waals surface area (Å²) in [5.74, 6) is -0.378. The van der Waals surface area contributed by atoms with Crippen LogP contribution in [0.2, 0.25) is 5.02 Å². The second kappa shape index (κ2) is 5.23. The molecule has 0 amide bonds. The number of imidazole rings is 1. The topological polar surface area (TPSA) is 37.5 Å². The molecule has 0 fully saturated rings. The molecule has 20 heavy (non-hydrogen) atoms. The molecule has 0 saturated carbocycles. The fourth-order valence-corrected chi connectivity index (χ4v) is 2.32. The largest absolute Gasteiger partial charge is 0.386 e. The summed E-state index contributed by atoms with van der Waals surface area (Å²) in [6, 6.07) is 9.90. The Morgan fingerprint density at radius 1 is 1.30 bits per heavy atom. The van der Waals surface area contributed by atoms with Crippen LogP contribution in [0, 0.1) is 5.82 Å². The smallest absolute Gasteiger partial charge is 0.137 e. The van der Waals surface area contributed by atoms with Gasteiger partial charge in [0, 0.05) is 23.8 Å². The van der Waals surface area contributed by atoms with Gasteiger partial charge in [0.25, 0.3) is 0 Å². The van der Waals surface area contributed by atoms with Crippen molar-refractivity contribution in [3.05, 3.63) is 70.9 Å². The monoisotopic (exact) mass is 290 g/mol. The van der Waals surface area contributed by atoms with E-state index in [-0.39, 0.29) is 12.2 Å². The van der Waals surface area contributed by atoms with Crippen molar-refractivity contribution in [2.45, 2.75) is 12.5 Å². The average molecular weight is 291 g/mol. The van der Waals surface area contributed by atoms with Crippen LogP contribution in [0.1, 0.15) is 17.4 Å². The van der Waals surface area contributed by atoms with Crippen LogP contribution in [0.25, 0.3) is 5.65 Å². The first-order chi connectivity index (χ1) is 9.63. The van der Waals surface area contributed by atoms with Crippen LogP contribution in [0.5, 0.6) is 0 Å². The van der Waals surface area contributed by atoms with Crippen molar-refractivity contribution < 1.29 is 9.50 Å². The highest BCUT2D eigenvalue weighted by Gasteiger charge is 2.15. The fourth-order valence-electron chi connectivity index (χ4n) is 2.13. The zero-order valence-corrected chi connectivity index (χ0v) is 11.3. The Balaban J connectivity index is 1.88. The summed E-state index contributed by atoms with van der Waals surface area (Å²) in [4.78, 5) is 4.32. The summed E-state index contributed by atoms with van der Waals surface area (Å²) in [5, 5.41) is 10.7. The predicted molar refractivity (Wildman–Crippen MR) is 75.3 cm³/mol. The number of hydrogen-bond acceptors (Lipinski definition) is 2. The normalized spacial score (nSPS) is 12.8. The maximum Gasteiger partial charge on any atom is 0.137 e. The highest BCUT2D eigenvalue weighted by molar-refractivity contribution is 6.30. The van der Waals surface area contributed by atoms with E-state index in [2.05, 4.69) is 4.98 Å². The Bertz CT molecular complexity index is 723. The molecule has 1 unspecified atom stereocenters. The Morgan fingerprint density at radius 3 is 2.95 bits per heavy atom. The molecule has 1 N–H and O–H groups in total. The van der Waals surface area contributed by atoms with E-state index < -0.39 is 6.10 Å². The number of aliphatic hydroxyl groups is 1. The maximum atomic E-state index is 13.7. The van der Waals surface area contributed by atoms with Gasteiger partial charge in [0.2, 0.25) is 0 Å². The van der Waals surface area contributed by atoms with Crippen molar-refractivity contribution in [1.82, 2.24) is 9.38 Å². The van der Waals surface area contributed by atoms with Crippen LogP contribution >= 0.6 is 11.6 Å². The van der Waals surface area contributed by atoms with Gasteiger partial charge >= 0.3 is 0 Å². The first-order valence-electron chi connectivity index (χ1n) is 6.19. The highest BCUT2D eigenvalue weighted by atomic mass is 35.5. The van der Waals surface area contributed by atoms with E-state index in [1.54, 1.807) is 6.20 Å². The first-order valence-corrected chi connectivity index (χ1v) is 6.57. The van der Waals surface area contributed by atoms with Crippen LogP contribution in [-0.2, 0) is 6.42 Å². The molecule has 3 aromatic rings. The zero-order valence-electron chi connectivity index (χ0n) is 10.5. The molecule has 0 spiro atoms. The van der Waals surface area contributed by atoms with Gasteiger partial charge in [-0.2, -0.15) is 0 Å². The summed E-state index contributed by atoms with van der Waals surface area (Å²) in [6.45, 7) is 0. The van der Waals surface area contributed by atoms with Crippen LogP contribution in [0.15, 0.2) is 48.8 Å². The molecule has 0 aliphatic heterocycles. The van der Waals surface area contributed by atoms with E-state index >= 15 is 0 Å². The van der Waals surface area contributed by atoms with Crippen molar-refractivity contribution in [2.24, 2.45) is 0 Å². The summed E-state index contributed by atoms with van der Waals surface area (Å²) in [6.07, 6.45) is 2.85. The highest BCUT2D eigenvalue weighted by Crippen LogP contribution is 2.22. The minimum atomic E-state index is -0.872. The predicted octanol–water partition coefficient (Wildman–Crippen LogP) is 3.40. The van der Waals surface area contributed by atoms with Crippen molar-refractivity contribution in [3.8, 4) is 0 Å². The van der Waals surface area contributed by atoms with Crippen molar-refractivity contribution in [3.63, 3.8) is 0 Å². The minimum absolute atomic E-state index is 0.135. The number of aromatic nitrogens is 2. The average Bonchev–Trinajstić information content (AvgIpc) is 2.87. The van der Waals surface area contributed by atoms with Gasteiger partial charge in [-0.1, -0.05) is 17.7 Å². The number of hydrogen-bond donors (Lipinski definition) is 1. The first kappa shape index (κ1) is 13.1. The lowest BCUT2D eigenvalue weighted by molar-refractivity contribution is 0.173. The number of benzene rings is 1. The maximum absolute atomic E-state index is 13.7. The number of pyridine rings is 1. The summed E-state index contributed by atoms with van der Waals surface area (Å²) >= 11 is 5.84. The van der Waals surface area contributed by atoms with E-state index in [0.717, 1.165) is 5.65 Å². The van der Waals surface area contributed by atoms with Crippen LogP contribution in [0.4, 0.5) is 4.39 Å². The summed E-state index contributed by atoms with van der Waals surface area (Å²) in [7, 11) is 0. The third-order valence-electron chi connectivity index (χ3n) is 3.15. The molecular formula is C15H12ClFN2O. The molecular weight excluding hydrogens is 279 g/mol. The second-order valence-electron chi connectivity index (χ2n) is 4.59. The third-order valence-corrected chi connectivity index (χ3v) is 3.38. The molecule has 0 aliphatic carbocycles. The fraction of sp³-hybridized carbons (Fsp3) is 0.133. The molecule has 0 radical (unpaired) electrons. The van der Waals surface area contributed by atoms with Crippen molar-refractivity contribution in [2.75, 3.05) is 0 Å². The number of aliphatic hydroxyl groups excluding tert-OH is 1. The number of fused-ring (bicyclic) bond motifs is 1. The zero-order chi connectivity index (χ0) is 14.1. The Labute approximate surface area is 120 Å². The molecule has 2 aromatic heterocycles. The van der Waals surface area contributed by atoms with Gasteiger partial charge in [0.1, 0.15) is 17.6 Å². The Hall–Kier alpha value is -1.91. The second-order valence-corrected chi connectivity index (χ2v) is 5.02. The lowest BCUT2D eigenvalue weighted by Gasteiger charge is -2.09. The lowest BCUT2D eigenvalue weighted by Crippen LogP contribution is -2.04. The number of rotatable bonds is 3. The molecule has 0 bridgehead atoms. The lowest BCUT2D eigenvalue weighted by atomic mass is 10.1. The van der Waals surface area contributed by atoms with E-state index in [1.807, 2.05) is 28.8 Å². The van der Waals surface area contributed by atoms with E-state index in [9.17, 15) is 9.50 Å². The van der Waals surface area contributed by atoms with Gasteiger partial charge < -0.3 is 9.51 Å². The van der Waals surface area contributed by atoms with Crippen molar-refractivity contribution in [1.29, 1.82) is 0 Å². The van der Waals surface area contributed by atoms with E-state index in [1.165, 1.54) is 18.2 Å². The molecule has 102 valence electrons. The molecule has 1 atom stereocenters. The van der Waals surface area contributed by atoms with Gasteiger partial charge in [-0.05, 0) is 35.9 Å². The number of halogens is 2. The molecule has 3 nitrogen and oxygen atoms in total. The van der Waals surface area contributed by atoms with Gasteiger partial charge in [-0.3, -0.25) is 0 Å². The van der Waals surface area contributed by atoms with Gasteiger partial charge in [-0.25, -0.2) is 9.37 Å². The summed E-state index contributed by atoms with van der Waals surface area (Å²) < 4.78 is 15.5. The van der Waals surface area contributed by atoms with Crippen molar-refractivity contribution >= 4 is 17.2 Å². The van der Waals surface area contributed by atoms with Gasteiger partial charge in [0.05, 0.1) is 5.69 Å². The van der Waals surface area contributed by atoms with Crippen LogP contribution < -0.4 is 0 Å². The van der Waals surface area contributed by atoms with E-state index in [4.69, 9.17) is 11.6 Å². The molecule has 0 aliphatic rings. The number of nitrogens with zero attached hydrogens (tertiary/aromatic N) is 2. The molecule has 0 saturated heterocycles. The van der Waals surface area contributed by atoms with Gasteiger partial charge in [0.15, 0.2) is 0 Å². The SMILES string of the molecule is OC(Cc1cc(Cl)ccc1F)c1cn2ccccc2n1. The molecule has 2 heterocycles. The van der Waals surface area contributed by atoms with Gasteiger partial charge in [-0.15, -0.1) is 0 Å². The van der Waals surface area contributed by atoms with Crippen LogP contribution in [0.3, 0.4) is 0 Å². The quantitative estimate of drug-likeness (QED) is 0.803. The third kappa shape index (κ3) is 2.53. The Morgan fingerprint density at radius 2 is 2.15 bits per heavy atom. The summed E-state index contributed by atoms with van der Waals surface area (Å²) in [5.41, 5.74) is 1.63. The van der Waals surface area contributed by atoms with E-state index in [0.29, 0.717) is 16.3 Å². The molecule has 5 heteroatoms. The molecule has 3 rings (SSSR count). The molecule has 1 aromatic carbocycles. The standard InChI is InChI=1S/C15H12ClFN2O/c16-11-4-5-12(17)10(7-11)8-14(20)13-9-19-6-2-1-3-15(19)18-13/h1-7,9,14,20H,8H2.